The monoisotopic (exact) mass is 382 g/mol. The molecule has 0 bridgehead atoms. The normalized spacial score (nSPS) is 12.9. The zero-order chi connectivity index (χ0) is 20.7. The fourth-order valence-electron chi connectivity index (χ4n) is 4.48. The van der Waals surface area contributed by atoms with Crippen molar-refractivity contribution >= 4 is 17.8 Å². The summed E-state index contributed by atoms with van der Waals surface area (Å²) in [7, 11) is 0. The molecule has 3 aromatic rings. The number of rotatable bonds is 4. The smallest absolute Gasteiger partial charge is 0.427 e. The van der Waals surface area contributed by atoms with Gasteiger partial charge in [-0.1, -0.05) is 96.1 Å². The van der Waals surface area contributed by atoms with Gasteiger partial charge in [0.05, 0.1) is 0 Å². The van der Waals surface area contributed by atoms with Crippen LogP contribution in [0.2, 0.25) is 0 Å². The van der Waals surface area contributed by atoms with Crippen LogP contribution in [-0.4, -0.2) is 6.92 Å². The average Bonchev–Trinajstić information content (AvgIpc) is 2.72. The van der Waals surface area contributed by atoms with Crippen molar-refractivity contribution in [1.29, 1.82) is 0 Å². The highest BCUT2D eigenvalue weighted by atomic mass is 16.4. The van der Waals surface area contributed by atoms with Crippen molar-refractivity contribution in [1.82, 2.24) is 0 Å². The van der Waals surface area contributed by atoms with Crippen molar-refractivity contribution in [2.75, 3.05) is 0 Å². The van der Waals surface area contributed by atoms with Crippen LogP contribution >= 0.6 is 0 Å². The van der Waals surface area contributed by atoms with Gasteiger partial charge in [0.25, 0.3) is 0 Å². The fourth-order valence-corrected chi connectivity index (χ4v) is 4.48. The van der Waals surface area contributed by atoms with E-state index < -0.39 is 0 Å². The van der Waals surface area contributed by atoms with Crippen LogP contribution in [0.5, 0.6) is 5.75 Å². The summed E-state index contributed by atoms with van der Waals surface area (Å²) >= 11 is 0. The van der Waals surface area contributed by atoms with E-state index in [1.54, 1.807) is 0 Å². The molecule has 148 valence electrons. The van der Waals surface area contributed by atoms with E-state index in [2.05, 4.69) is 102 Å². The van der Waals surface area contributed by atoms with E-state index in [-0.39, 0.29) is 6.92 Å². The second-order valence-corrected chi connectivity index (χ2v) is 9.16. The standard InChI is InChI=1S/C27H31BO/c1-17(2)20-15-23(18(3)4)27(24(16-20)19(5)6)28-25-13-9-7-11-21(25)22-12-8-10-14-26(22)29-28/h7-19H,1-6H3. The summed E-state index contributed by atoms with van der Waals surface area (Å²) in [6.07, 6.45) is 0. The van der Waals surface area contributed by atoms with Gasteiger partial charge in [-0.3, -0.25) is 0 Å². The van der Waals surface area contributed by atoms with E-state index in [1.807, 2.05) is 0 Å². The Morgan fingerprint density at radius 3 is 1.79 bits per heavy atom. The fraction of sp³-hybridized carbons (Fsp3) is 0.333. The van der Waals surface area contributed by atoms with Crippen molar-refractivity contribution in [3.05, 3.63) is 77.4 Å². The van der Waals surface area contributed by atoms with Crippen LogP contribution in [-0.2, 0) is 0 Å². The summed E-state index contributed by atoms with van der Waals surface area (Å²) in [5.41, 5.74) is 9.37. The highest BCUT2D eigenvalue weighted by Gasteiger charge is 2.36. The molecule has 3 aromatic carbocycles. The maximum atomic E-state index is 6.73. The number of benzene rings is 3. The molecule has 0 saturated carbocycles. The minimum absolute atomic E-state index is 0.0721. The molecule has 1 aliphatic heterocycles. The van der Waals surface area contributed by atoms with Crippen LogP contribution < -0.4 is 15.6 Å². The van der Waals surface area contributed by atoms with Gasteiger partial charge in [0.15, 0.2) is 0 Å². The minimum Gasteiger partial charge on any atom is -0.551 e. The molecule has 0 saturated heterocycles. The molecule has 0 atom stereocenters. The lowest BCUT2D eigenvalue weighted by molar-refractivity contribution is 0.588. The highest BCUT2D eigenvalue weighted by Crippen LogP contribution is 2.34. The third-order valence-electron chi connectivity index (χ3n) is 6.10. The predicted octanol–water partition coefficient (Wildman–Crippen LogP) is 6.22. The van der Waals surface area contributed by atoms with Crippen LogP contribution in [0.3, 0.4) is 0 Å². The van der Waals surface area contributed by atoms with E-state index >= 15 is 0 Å². The molecule has 0 N–H and O–H groups in total. The topological polar surface area (TPSA) is 9.23 Å². The van der Waals surface area contributed by atoms with Crippen molar-refractivity contribution in [2.24, 2.45) is 0 Å². The first-order valence-electron chi connectivity index (χ1n) is 10.9. The highest BCUT2D eigenvalue weighted by molar-refractivity contribution is 6.83. The molecule has 0 radical (unpaired) electrons. The summed E-state index contributed by atoms with van der Waals surface area (Å²) in [6, 6.07) is 22.0. The summed E-state index contributed by atoms with van der Waals surface area (Å²) < 4.78 is 6.73. The molecule has 0 aromatic heterocycles. The van der Waals surface area contributed by atoms with Gasteiger partial charge in [-0.15, -0.1) is 0 Å². The third-order valence-corrected chi connectivity index (χ3v) is 6.10. The number of hydrogen-bond donors (Lipinski definition) is 0. The van der Waals surface area contributed by atoms with Gasteiger partial charge in [0.1, 0.15) is 5.75 Å². The molecule has 0 fully saturated rings. The SMILES string of the molecule is CC(C)c1cc(C(C)C)c(B2Oc3ccccc3-c3ccccc32)c(C(C)C)c1. The second-order valence-electron chi connectivity index (χ2n) is 9.16. The summed E-state index contributed by atoms with van der Waals surface area (Å²) in [5.74, 6) is 2.37. The Hall–Kier alpha value is -2.48. The van der Waals surface area contributed by atoms with E-state index in [0.717, 1.165) is 5.75 Å². The Morgan fingerprint density at radius 1 is 0.655 bits per heavy atom. The first kappa shape index (κ1) is 19.8. The lowest BCUT2D eigenvalue weighted by Crippen LogP contribution is -2.53. The average molecular weight is 382 g/mol. The van der Waals surface area contributed by atoms with Gasteiger partial charge in [0, 0.05) is 5.56 Å². The number of para-hydroxylation sites is 1. The van der Waals surface area contributed by atoms with E-state index in [0.29, 0.717) is 17.8 Å². The van der Waals surface area contributed by atoms with Crippen molar-refractivity contribution in [2.45, 2.75) is 59.3 Å². The molecule has 1 nitrogen and oxygen atoms in total. The van der Waals surface area contributed by atoms with Gasteiger partial charge in [-0.2, -0.15) is 0 Å². The van der Waals surface area contributed by atoms with E-state index in [1.165, 1.54) is 38.7 Å². The Bertz CT molecular complexity index is 1000. The van der Waals surface area contributed by atoms with Gasteiger partial charge in [-0.25, -0.2) is 0 Å². The third kappa shape index (κ3) is 3.50. The molecule has 29 heavy (non-hydrogen) atoms. The molecular formula is C27H31BO. The van der Waals surface area contributed by atoms with Crippen molar-refractivity contribution in [3.63, 3.8) is 0 Å². The summed E-state index contributed by atoms with van der Waals surface area (Å²) in [5, 5.41) is 0. The molecule has 2 heteroatoms. The van der Waals surface area contributed by atoms with Crippen LogP contribution in [0.1, 0.15) is 76.0 Å². The first-order chi connectivity index (χ1) is 13.9. The van der Waals surface area contributed by atoms with E-state index in [4.69, 9.17) is 4.65 Å². The molecule has 0 aliphatic carbocycles. The summed E-state index contributed by atoms with van der Waals surface area (Å²) in [4.78, 5) is 0. The van der Waals surface area contributed by atoms with Gasteiger partial charge in [-0.05, 0) is 57.0 Å². The Balaban J connectivity index is 2.00. The second kappa shape index (κ2) is 7.74. The number of hydrogen-bond acceptors (Lipinski definition) is 1. The maximum absolute atomic E-state index is 6.73. The number of fused-ring (bicyclic) bond motifs is 3. The van der Waals surface area contributed by atoms with Crippen molar-refractivity contribution in [3.8, 4) is 16.9 Å². The lowest BCUT2D eigenvalue weighted by Gasteiger charge is -2.31. The predicted molar refractivity (Wildman–Crippen MR) is 126 cm³/mol. The Kier molecular flexibility index (Phi) is 5.29. The first-order valence-corrected chi connectivity index (χ1v) is 10.9. The zero-order valence-electron chi connectivity index (χ0n) is 18.5. The largest absolute Gasteiger partial charge is 0.551 e. The van der Waals surface area contributed by atoms with Crippen LogP contribution in [0.15, 0.2) is 60.7 Å². The molecule has 1 aliphatic rings. The van der Waals surface area contributed by atoms with Gasteiger partial charge < -0.3 is 4.65 Å². The zero-order valence-corrected chi connectivity index (χ0v) is 18.5. The van der Waals surface area contributed by atoms with Crippen molar-refractivity contribution < 1.29 is 4.65 Å². The minimum atomic E-state index is -0.0721. The van der Waals surface area contributed by atoms with Gasteiger partial charge in [0.2, 0.25) is 0 Å². The maximum Gasteiger partial charge on any atom is 0.427 e. The quantitative estimate of drug-likeness (QED) is 0.487. The van der Waals surface area contributed by atoms with Crippen LogP contribution in [0.4, 0.5) is 0 Å². The Morgan fingerprint density at radius 2 is 1.21 bits per heavy atom. The molecule has 0 spiro atoms. The molecule has 0 amide bonds. The Labute approximate surface area is 176 Å². The summed E-state index contributed by atoms with van der Waals surface area (Å²) in [6.45, 7) is 13.7. The molecular weight excluding hydrogens is 351 g/mol. The van der Waals surface area contributed by atoms with Crippen LogP contribution in [0.25, 0.3) is 11.1 Å². The molecule has 4 rings (SSSR count). The van der Waals surface area contributed by atoms with E-state index in [9.17, 15) is 0 Å². The molecule has 0 unspecified atom stereocenters. The van der Waals surface area contributed by atoms with Gasteiger partial charge >= 0.3 is 6.92 Å². The lowest BCUT2D eigenvalue weighted by atomic mass is 9.49. The van der Waals surface area contributed by atoms with Crippen LogP contribution in [0, 0.1) is 0 Å². The molecule has 1 heterocycles.